The molecule has 1 unspecified atom stereocenters. The van der Waals surface area contributed by atoms with Crippen molar-refractivity contribution >= 4 is 17.3 Å². The third-order valence-corrected chi connectivity index (χ3v) is 4.23. The molecular weight excluding hydrogens is 282 g/mol. The van der Waals surface area contributed by atoms with Crippen LogP contribution in [0.2, 0.25) is 5.02 Å². The van der Waals surface area contributed by atoms with Gasteiger partial charge < -0.3 is 10.1 Å². The van der Waals surface area contributed by atoms with E-state index in [4.69, 9.17) is 16.3 Å². The number of hydrogen-bond acceptors (Lipinski definition) is 2. The first-order valence-electron chi connectivity index (χ1n) is 7.48. The highest BCUT2D eigenvalue weighted by Gasteiger charge is 2.22. The van der Waals surface area contributed by atoms with Crippen molar-refractivity contribution in [3.63, 3.8) is 0 Å². The number of hydrogen-bond donors (Lipinski definition) is 1. The lowest BCUT2D eigenvalue weighted by Gasteiger charge is -2.18. The molecule has 0 saturated heterocycles. The molecule has 2 aromatic carbocycles. The molecule has 2 nitrogen and oxygen atoms in total. The summed E-state index contributed by atoms with van der Waals surface area (Å²) in [6.45, 7) is 3.41. The maximum Gasteiger partial charge on any atom is 0.0736 e. The summed E-state index contributed by atoms with van der Waals surface area (Å²) in [5.41, 5.74) is 5.11. The van der Waals surface area contributed by atoms with Gasteiger partial charge in [-0.3, -0.25) is 0 Å². The zero-order valence-corrected chi connectivity index (χ0v) is 13.0. The second-order valence-electron chi connectivity index (χ2n) is 5.37. The predicted molar refractivity (Wildman–Crippen MR) is 87.9 cm³/mol. The van der Waals surface area contributed by atoms with Crippen LogP contribution in [0.15, 0.2) is 42.5 Å². The van der Waals surface area contributed by atoms with Crippen LogP contribution in [0.25, 0.3) is 0 Å². The van der Waals surface area contributed by atoms with Crippen LogP contribution in [0, 0.1) is 0 Å². The fourth-order valence-corrected chi connectivity index (χ4v) is 3.12. The van der Waals surface area contributed by atoms with Crippen molar-refractivity contribution in [1.82, 2.24) is 0 Å². The molecule has 0 saturated carbocycles. The van der Waals surface area contributed by atoms with Gasteiger partial charge in [0.15, 0.2) is 0 Å². The van der Waals surface area contributed by atoms with Gasteiger partial charge in [0, 0.05) is 22.9 Å². The number of benzene rings is 2. The predicted octanol–water partition coefficient (Wildman–Crippen LogP) is 4.98. The monoisotopic (exact) mass is 301 g/mol. The molecule has 1 aliphatic carbocycles. The average molecular weight is 302 g/mol. The van der Waals surface area contributed by atoms with Crippen LogP contribution >= 0.6 is 11.6 Å². The standard InChI is InChI=1S/C18H20ClNO/c1-2-21-12-14-5-3-4-6-17(14)20-18-10-7-13-11-15(19)8-9-16(13)18/h3-6,8-9,11,18,20H,2,7,10,12H2,1H3. The van der Waals surface area contributed by atoms with E-state index in [2.05, 4.69) is 41.7 Å². The Hall–Kier alpha value is -1.51. The minimum atomic E-state index is 0.361. The van der Waals surface area contributed by atoms with Gasteiger partial charge in [-0.25, -0.2) is 0 Å². The van der Waals surface area contributed by atoms with Gasteiger partial charge in [0.25, 0.3) is 0 Å². The van der Waals surface area contributed by atoms with E-state index in [0.717, 1.165) is 24.5 Å². The molecule has 0 amide bonds. The van der Waals surface area contributed by atoms with E-state index >= 15 is 0 Å². The fourth-order valence-electron chi connectivity index (χ4n) is 2.92. The van der Waals surface area contributed by atoms with Crippen LogP contribution in [0.1, 0.15) is 36.1 Å². The highest BCUT2D eigenvalue weighted by Crippen LogP contribution is 2.36. The van der Waals surface area contributed by atoms with E-state index in [1.54, 1.807) is 0 Å². The molecule has 1 atom stereocenters. The first-order chi connectivity index (χ1) is 10.3. The first-order valence-corrected chi connectivity index (χ1v) is 7.86. The summed E-state index contributed by atoms with van der Waals surface area (Å²) in [5, 5.41) is 4.50. The van der Waals surface area contributed by atoms with Crippen molar-refractivity contribution in [2.24, 2.45) is 0 Å². The van der Waals surface area contributed by atoms with Gasteiger partial charge in [0.1, 0.15) is 0 Å². The Bertz CT molecular complexity index is 626. The highest BCUT2D eigenvalue weighted by molar-refractivity contribution is 6.30. The van der Waals surface area contributed by atoms with Crippen molar-refractivity contribution in [3.05, 3.63) is 64.2 Å². The number of aryl methyl sites for hydroxylation is 1. The van der Waals surface area contributed by atoms with E-state index in [9.17, 15) is 0 Å². The van der Waals surface area contributed by atoms with Crippen molar-refractivity contribution in [1.29, 1.82) is 0 Å². The van der Waals surface area contributed by atoms with Crippen molar-refractivity contribution < 1.29 is 4.74 Å². The molecule has 0 aliphatic heterocycles. The number of ether oxygens (including phenoxy) is 1. The third kappa shape index (κ3) is 3.22. The van der Waals surface area contributed by atoms with Gasteiger partial charge in [-0.05, 0) is 49.1 Å². The van der Waals surface area contributed by atoms with E-state index in [0.29, 0.717) is 12.6 Å². The number of halogens is 1. The Morgan fingerprint density at radius 1 is 1.24 bits per heavy atom. The van der Waals surface area contributed by atoms with E-state index < -0.39 is 0 Å². The molecule has 2 aromatic rings. The zero-order chi connectivity index (χ0) is 14.7. The van der Waals surface area contributed by atoms with Crippen LogP contribution in [0.3, 0.4) is 0 Å². The Kier molecular flexibility index (Phi) is 4.47. The number of nitrogens with one attached hydrogen (secondary N) is 1. The lowest BCUT2D eigenvalue weighted by Crippen LogP contribution is -2.09. The Morgan fingerprint density at radius 2 is 2.10 bits per heavy atom. The number of anilines is 1. The van der Waals surface area contributed by atoms with Gasteiger partial charge >= 0.3 is 0 Å². The van der Waals surface area contributed by atoms with Gasteiger partial charge in [0.05, 0.1) is 12.6 Å². The summed E-state index contributed by atoms with van der Waals surface area (Å²) >= 11 is 6.08. The van der Waals surface area contributed by atoms with Crippen LogP contribution in [0.4, 0.5) is 5.69 Å². The van der Waals surface area contributed by atoms with Crippen LogP contribution < -0.4 is 5.32 Å². The summed E-state index contributed by atoms with van der Waals surface area (Å²) in [5.74, 6) is 0. The van der Waals surface area contributed by atoms with Crippen molar-refractivity contribution in [2.75, 3.05) is 11.9 Å². The molecule has 3 heteroatoms. The summed E-state index contributed by atoms with van der Waals surface area (Å²) in [4.78, 5) is 0. The molecule has 0 radical (unpaired) electrons. The van der Waals surface area contributed by atoms with Gasteiger partial charge in [-0.1, -0.05) is 35.9 Å². The third-order valence-electron chi connectivity index (χ3n) is 3.99. The number of fused-ring (bicyclic) bond motifs is 1. The van der Waals surface area contributed by atoms with Crippen molar-refractivity contribution in [2.45, 2.75) is 32.4 Å². The lowest BCUT2D eigenvalue weighted by atomic mass is 10.1. The summed E-state index contributed by atoms with van der Waals surface area (Å²) in [6.07, 6.45) is 2.19. The largest absolute Gasteiger partial charge is 0.378 e. The van der Waals surface area contributed by atoms with Crippen LogP contribution in [-0.4, -0.2) is 6.61 Å². The van der Waals surface area contributed by atoms with Crippen molar-refractivity contribution in [3.8, 4) is 0 Å². The molecule has 0 aromatic heterocycles. The Morgan fingerprint density at radius 3 is 2.95 bits per heavy atom. The number of para-hydroxylation sites is 1. The molecule has 21 heavy (non-hydrogen) atoms. The van der Waals surface area contributed by atoms with E-state index in [1.807, 2.05) is 13.0 Å². The summed E-state index contributed by atoms with van der Waals surface area (Å²) < 4.78 is 5.55. The number of rotatable bonds is 5. The lowest BCUT2D eigenvalue weighted by molar-refractivity contribution is 0.134. The minimum Gasteiger partial charge on any atom is -0.378 e. The van der Waals surface area contributed by atoms with E-state index in [-0.39, 0.29) is 0 Å². The van der Waals surface area contributed by atoms with Crippen LogP contribution in [0.5, 0.6) is 0 Å². The average Bonchev–Trinajstić information content (AvgIpc) is 2.88. The molecular formula is C18H20ClNO. The van der Waals surface area contributed by atoms with Gasteiger partial charge in [-0.2, -0.15) is 0 Å². The smallest absolute Gasteiger partial charge is 0.0736 e. The maximum absolute atomic E-state index is 6.08. The van der Waals surface area contributed by atoms with Gasteiger partial charge in [0.2, 0.25) is 0 Å². The molecule has 3 rings (SSSR count). The molecule has 1 aliphatic rings. The quantitative estimate of drug-likeness (QED) is 0.841. The van der Waals surface area contributed by atoms with Gasteiger partial charge in [-0.15, -0.1) is 0 Å². The minimum absolute atomic E-state index is 0.361. The summed E-state index contributed by atoms with van der Waals surface area (Å²) in [6, 6.07) is 14.9. The topological polar surface area (TPSA) is 21.3 Å². The first kappa shape index (κ1) is 14.4. The Labute approximate surface area is 131 Å². The highest BCUT2D eigenvalue weighted by atomic mass is 35.5. The molecule has 0 heterocycles. The normalized spacial score (nSPS) is 16.8. The second kappa shape index (κ2) is 6.50. The summed E-state index contributed by atoms with van der Waals surface area (Å²) in [7, 11) is 0. The second-order valence-corrected chi connectivity index (χ2v) is 5.81. The molecule has 0 fully saturated rings. The molecule has 0 bridgehead atoms. The Balaban J connectivity index is 1.80. The molecule has 110 valence electrons. The maximum atomic E-state index is 6.08. The zero-order valence-electron chi connectivity index (χ0n) is 12.2. The van der Waals surface area contributed by atoms with Crippen LogP contribution in [-0.2, 0) is 17.8 Å². The SMILES string of the molecule is CCOCc1ccccc1NC1CCc2cc(Cl)ccc21. The fraction of sp³-hybridized carbons (Fsp3) is 0.333. The van der Waals surface area contributed by atoms with E-state index in [1.165, 1.54) is 22.4 Å². The molecule has 0 spiro atoms. The molecule has 1 N–H and O–H groups in total.